The molecule has 27 heavy (non-hydrogen) atoms. The standard InChI is InChI=1S/C20H24F4N2O/c1-19(2,3)12-26-9-7-13(8-10-26)27-16-11-17(21)25-18-14(16)5-4-6-15(18)20(22,23)24/h4-6,11,13H,7-10,12H2,1-3H3. The van der Waals surface area contributed by atoms with Crippen LogP contribution in [0, 0.1) is 11.4 Å². The van der Waals surface area contributed by atoms with Gasteiger partial charge in [0.15, 0.2) is 0 Å². The van der Waals surface area contributed by atoms with Gasteiger partial charge in [-0.3, -0.25) is 0 Å². The lowest BCUT2D eigenvalue weighted by Gasteiger charge is -2.36. The van der Waals surface area contributed by atoms with Gasteiger partial charge in [-0.05, 0) is 30.4 Å². The molecule has 7 heteroatoms. The van der Waals surface area contributed by atoms with Crippen LogP contribution in [0.5, 0.6) is 5.75 Å². The Hall–Kier alpha value is -1.89. The number of aromatic nitrogens is 1. The number of hydrogen-bond donors (Lipinski definition) is 0. The second-order valence-electron chi connectivity index (χ2n) is 8.30. The van der Waals surface area contributed by atoms with Crippen molar-refractivity contribution >= 4 is 10.9 Å². The molecule has 1 aliphatic heterocycles. The fourth-order valence-corrected chi connectivity index (χ4v) is 3.55. The third-order valence-corrected chi connectivity index (χ3v) is 4.60. The molecule has 3 rings (SSSR count). The molecule has 0 aliphatic carbocycles. The molecule has 148 valence electrons. The first-order valence-corrected chi connectivity index (χ1v) is 9.08. The Balaban J connectivity index is 1.80. The van der Waals surface area contributed by atoms with Gasteiger partial charge in [-0.2, -0.15) is 17.6 Å². The Kier molecular flexibility index (Phi) is 5.34. The first kappa shape index (κ1) is 19.9. The van der Waals surface area contributed by atoms with E-state index in [1.54, 1.807) is 0 Å². The minimum atomic E-state index is -4.60. The van der Waals surface area contributed by atoms with Crippen molar-refractivity contribution in [2.24, 2.45) is 5.41 Å². The minimum Gasteiger partial charge on any atom is -0.489 e. The average molecular weight is 384 g/mol. The normalized spacial score (nSPS) is 17.4. The van der Waals surface area contributed by atoms with Crippen LogP contribution in [0.1, 0.15) is 39.2 Å². The maximum Gasteiger partial charge on any atom is 0.418 e. The van der Waals surface area contributed by atoms with E-state index in [1.165, 1.54) is 12.1 Å². The van der Waals surface area contributed by atoms with E-state index < -0.39 is 23.2 Å². The van der Waals surface area contributed by atoms with Crippen molar-refractivity contribution in [3.63, 3.8) is 0 Å². The Morgan fingerprint density at radius 3 is 2.41 bits per heavy atom. The van der Waals surface area contributed by atoms with Gasteiger partial charge in [0, 0.05) is 31.1 Å². The van der Waals surface area contributed by atoms with Crippen LogP contribution in [-0.4, -0.2) is 35.6 Å². The molecule has 1 saturated heterocycles. The Labute approximate surface area is 156 Å². The summed E-state index contributed by atoms with van der Waals surface area (Å²) in [5.74, 6) is -0.850. The van der Waals surface area contributed by atoms with Gasteiger partial charge in [-0.15, -0.1) is 0 Å². The summed E-state index contributed by atoms with van der Waals surface area (Å²) in [5, 5.41) is 0.184. The summed E-state index contributed by atoms with van der Waals surface area (Å²) in [7, 11) is 0. The summed E-state index contributed by atoms with van der Waals surface area (Å²) in [6.45, 7) is 9.21. The maximum atomic E-state index is 13.9. The molecule has 0 radical (unpaired) electrons. The van der Waals surface area contributed by atoms with E-state index in [0.29, 0.717) is 0 Å². The zero-order valence-corrected chi connectivity index (χ0v) is 15.7. The molecule has 0 saturated carbocycles. The summed E-state index contributed by atoms with van der Waals surface area (Å²) in [6.07, 6.45) is -3.25. The van der Waals surface area contributed by atoms with Crippen LogP contribution in [0.4, 0.5) is 17.6 Å². The molecule has 0 amide bonds. The molecule has 0 atom stereocenters. The molecule has 0 unspecified atom stereocenters. The highest BCUT2D eigenvalue weighted by molar-refractivity contribution is 5.87. The second kappa shape index (κ2) is 7.26. The van der Waals surface area contributed by atoms with Crippen molar-refractivity contribution in [1.29, 1.82) is 0 Å². The van der Waals surface area contributed by atoms with Crippen molar-refractivity contribution in [3.05, 3.63) is 35.8 Å². The molecule has 2 heterocycles. The van der Waals surface area contributed by atoms with Crippen molar-refractivity contribution in [3.8, 4) is 5.75 Å². The number of para-hydroxylation sites is 1. The number of alkyl halides is 3. The highest BCUT2D eigenvalue weighted by Gasteiger charge is 2.34. The third kappa shape index (κ3) is 4.89. The van der Waals surface area contributed by atoms with Crippen LogP contribution in [0.2, 0.25) is 0 Å². The van der Waals surface area contributed by atoms with Gasteiger partial charge in [0.05, 0.1) is 11.1 Å². The van der Waals surface area contributed by atoms with Gasteiger partial charge < -0.3 is 9.64 Å². The fourth-order valence-electron chi connectivity index (χ4n) is 3.55. The van der Waals surface area contributed by atoms with E-state index >= 15 is 0 Å². The Morgan fingerprint density at radius 2 is 1.81 bits per heavy atom. The number of rotatable bonds is 3. The average Bonchev–Trinajstić information content (AvgIpc) is 2.53. The number of piperidine rings is 1. The number of halogens is 4. The number of benzene rings is 1. The van der Waals surface area contributed by atoms with Crippen LogP contribution in [0.3, 0.4) is 0 Å². The van der Waals surface area contributed by atoms with Gasteiger partial charge in [0.1, 0.15) is 11.9 Å². The molecular formula is C20H24F4N2O. The SMILES string of the molecule is CC(C)(C)CN1CCC(Oc2cc(F)nc3c(C(F)(F)F)cccc23)CC1. The van der Waals surface area contributed by atoms with Crippen LogP contribution in [0.15, 0.2) is 24.3 Å². The van der Waals surface area contributed by atoms with Gasteiger partial charge in [-0.1, -0.05) is 26.8 Å². The monoisotopic (exact) mass is 384 g/mol. The molecular weight excluding hydrogens is 360 g/mol. The van der Waals surface area contributed by atoms with Gasteiger partial charge >= 0.3 is 6.18 Å². The zero-order valence-electron chi connectivity index (χ0n) is 15.7. The summed E-state index contributed by atoms with van der Waals surface area (Å²) in [6, 6.07) is 4.76. The lowest BCUT2D eigenvalue weighted by Crippen LogP contribution is -2.42. The van der Waals surface area contributed by atoms with E-state index in [2.05, 4.69) is 30.7 Å². The highest BCUT2D eigenvalue weighted by atomic mass is 19.4. The maximum absolute atomic E-state index is 13.9. The van der Waals surface area contributed by atoms with E-state index in [0.717, 1.165) is 44.6 Å². The van der Waals surface area contributed by atoms with E-state index in [1.807, 2.05) is 0 Å². The van der Waals surface area contributed by atoms with E-state index in [-0.39, 0.29) is 22.7 Å². The lowest BCUT2D eigenvalue weighted by molar-refractivity contribution is -0.136. The summed E-state index contributed by atoms with van der Waals surface area (Å²) >= 11 is 0. The van der Waals surface area contributed by atoms with Crippen LogP contribution < -0.4 is 4.74 Å². The quantitative estimate of drug-likeness (QED) is 0.532. The third-order valence-electron chi connectivity index (χ3n) is 4.60. The van der Waals surface area contributed by atoms with Gasteiger partial charge in [-0.25, -0.2) is 4.98 Å². The number of pyridine rings is 1. The highest BCUT2D eigenvalue weighted by Crippen LogP contribution is 2.37. The van der Waals surface area contributed by atoms with Crippen molar-refractivity contribution in [2.75, 3.05) is 19.6 Å². The predicted octanol–water partition coefficient (Wildman–Crippen LogP) is 5.28. The summed E-state index contributed by atoms with van der Waals surface area (Å²) < 4.78 is 59.5. The van der Waals surface area contributed by atoms with Gasteiger partial charge in [0.2, 0.25) is 5.95 Å². The molecule has 1 aromatic heterocycles. The topological polar surface area (TPSA) is 25.4 Å². The zero-order chi connectivity index (χ0) is 19.8. The molecule has 1 fully saturated rings. The molecule has 1 aliphatic rings. The summed E-state index contributed by atoms with van der Waals surface area (Å²) in [4.78, 5) is 5.83. The van der Waals surface area contributed by atoms with E-state index in [9.17, 15) is 17.6 Å². The molecule has 1 aromatic carbocycles. The number of hydrogen-bond acceptors (Lipinski definition) is 3. The Bertz CT molecular complexity index is 806. The molecule has 2 aromatic rings. The summed E-state index contributed by atoms with van der Waals surface area (Å²) in [5.41, 5.74) is -1.17. The van der Waals surface area contributed by atoms with Crippen molar-refractivity contribution in [2.45, 2.75) is 45.9 Å². The molecule has 0 N–H and O–H groups in total. The molecule has 0 bridgehead atoms. The van der Waals surface area contributed by atoms with E-state index in [4.69, 9.17) is 4.74 Å². The van der Waals surface area contributed by atoms with Crippen molar-refractivity contribution < 1.29 is 22.3 Å². The number of nitrogens with zero attached hydrogens (tertiary/aromatic N) is 2. The molecule has 0 spiro atoms. The predicted molar refractivity (Wildman–Crippen MR) is 96.2 cm³/mol. The van der Waals surface area contributed by atoms with Crippen LogP contribution >= 0.6 is 0 Å². The van der Waals surface area contributed by atoms with Crippen molar-refractivity contribution in [1.82, 2.24) is 9.88 Å². The molecule has 3 nitrogen and oxygen atoms in total. The first-order chi connectivity index (χ1) is 12.5. The fraction of sp³-hybridized carbons (Fsp3) is 0.550. The van der Waals surface area contributed by atoms with Gasteiger partial charge in [0.25, 0.3) is 0 Å². The number of fused-ring (bicyclic) bond motifs is 1. The second-order valence-corrected chi connectivity index (χ2v) is 8.30. The minimum absolute atomic E-state index is 0.123. The smallest absolute Gasteiger partial charge is 0.418 e. The first-order valence-electron chi connectivity index (χ1n) is 9.08. The Morgan fingerprint density at radius 1 is 1.15 bits per heavy atom. The van der Waals surface area contributed by atoms with Crippen LogP contribution in [0.25, 0.3) is 10.9 Å². The lowest BCUT2D eigenvalue weighted by atomic mass is 9.94. The van der Waals surface area contributed by atoms with Crippen LogP contribution in [-0.2, 0) is 6.18 Å². The largest absolute Gasteiger partial charge is 0.489 e. The number of likely N-dealkylation sites (tertiary alicyclic amines) is 1. The number of ether oxygens (including phenoxy) is 1.